The van der Waals surface area contributed by atoms with Crippen molar-refractivity contribution in [3.8, 4) is 0 Å². The standard InChI is InChI=1S/C18H36O7SSi/c1-9-22-16(19)13-15-12-14(10-11-23-26(8,20)21)24-27(25-15,17(2,3)4)18(5,6)7/h14-15H,9-13H2,1-8H3/t14-,15-/m1/s1. The van der Waals surface area contributed by atoms with Crippen LogP contribution >= 0.6 is 0 Å². The highest BCUT2D eigenvalue weighted by molar-refractivity contribution is 7.85. The van der Waals surface area contributed by atoms with E-state index in [4.69, 9.17) is 17.8 Å². The van der Waals surface area contributed by atoms with Crippen molar-refractivity contribution in [3.63, 3.8) is 0 Å². The van der Waals surface area contributed by atoms with Gasteiger partial charge in [0.15, 0.2) is 0 Å². The Kier molecular flexibility index (Phi) is 8.09. The fourth-order valence-corrected chi connectivity index (χ4v) is 9.21. The van der Waals surface area contributed by atoms with E-state index in [2.05, 4.69) is 41.5 Å². The lowest BCUT2D eigenvalue weighted by Crippen LogP contribution is -2.63. The van der Waals surface area contributed by atoms with Gasteiger partial charge in [0, 0.05) is 10.1 Å². The highest BCUT2D eigenvalue weighted by atomic mass is 32.2. The van der Waals surface area contributed by atoms with Gasteiger partial charge in [0.1, 0.15) is 0 Å². The van der Waals surface area contributed by atoms with Crippen LogP contribution in [0.2, 0.25) is 10.1 Å². The highest BCUT2D eigenvalue weighted by Crippen LogP contribution is 2.55. The molecule has 0 aromatic rings. The summed E-state index contributed by atoms with van der Waals surface area (Å²) in [7, 11) is -6.31. The van der Waals surface area contributed by atoms with Crippen LogP contribution < -0.4 is 0 Å². The Balaban J connectivity index is 3.09. The van der Waals surface area contributed by atoms with Crippen molar-refractivity contribution in [3.05, 3.63) is 0 Å². The van der Waals surface area contributed by atoms with Gasteiger partial charge in [0.05, 0.1) is 38.1 Å². The fraction of sp³-hybridized carbons (Fsp3) is 0.944. The van der Waals surface area contributed by atoms with Crippen LogP contribution in [0.1, 0.15) is 67.7 Å². The second-order valence-corrected chi connectivity index (χ2v) is 15.5. The zero-order valence-corrected chi connectivity index (χ0v) is 19.8. The molecule has 0 bridgehead atoms. The number of carbonyl (C=O) groups excluding carboxylic acids is 1. The van der Waals surface area contributed by atoms with Gasteiger partial charge in [0.25, 0.3) is 10.1 Å². The quantitative estimate of drug-likeness (QED) is 0.351. The summed E-state index contributed by atoms with van der Waals surface area (Å²) in [6.45, 7) is 14.7. The number of hydrogen-bond donors (Lipinski definition) is 0. The summed E-state index contributed by atoms with van der Waals surface area (Å²) in [4.78, 5) is 12.0. The van der Waals surface area contributed by atoms with Gasteiger partial charge in [-0.2, -0.15) is 8.42 Å². The van der Waals surface area contributed by atoms with Gasteiger partial charge < -0.3 is 13.6 Å². The second kappa shape index (κ2) is 8.90. The van der Waals surface area contributed by atoms with Crippen LogP contribution in [0.3, 0.4) is 0 Å². The van der Waals surface area contributed by atoms with Crippen molar-refractivity contribution in [1.29, 1.82) is 0 Å². The molecule has 1 saturated heterocycles. The number of hydrogen-bond acceptors (Lipinski definition) is 7. The maximum Gasteiger partial charge on any atom is 0.349 e. The van der Waals surface area contributed by atoms with Crippen molar-refractivity contribution in [2.75, 3.05) is 19.5 Å². The second-order valence-electron chi connectivity index (χ2n) is 9.16. The minimum Gasteiger partial charge on any atom is -0.466 e. The average molecular weight is 425 g/mol. The molecule has 1 aliphatic rings. The minimum atomic E-state index is -3.50. The Morgan fingerprint density at radius 1 is 1.07 bits per heavy atom. The van der Waals surface area contributed by atoms with Crippen molar-refractivity contribution in [2.24, 2.45) is 0 Å². The highest BCUT2D eigenvalue weighted by Gasteiger charge is 2.62. The third-order valence-electron chi connectivity index (χ3n) is 4.60. The van der Waals surface area contributed by atoms with Gasteiger partial charge in [0.2, 0.25) is 0 Å². The summed E-state index contributed by atoms with van der Waals surface area (Å²) >= 11 is 0. The summed E-state index contributed by atoms with van der Waals surface area (Å²) in [6.07, 6.45) is 1.59. The minimum absolute atomic E-state index is 0.0500. The first-order valence-electron chi connectivity index (χ1n) is 9.47. The molecule has 2 atom stereocenters. The van der Waals surface area contributed by atoms with E-state index in [1.165, 1.54) is 0 Å². The first-order valence-corrected chi connectivity index (χ1v) is 13.1. The van der Waals surface area contributed by atoms with Crippen molar-refractivity contribution >= 4 is 24.6 Å². The molecule has 1 fully saturated rings. The Bertz CT molecular complexity index is 590. The molecule has 0 aliphatic carbocycles. The molecule has 1 heterocycles. The molecule has 9 heteroatoms. The molecule has 0 amide bonds. The number of carbonyl (C=O) groups is 1. The fourth-order valence-electron chi connectivity index (χ4n) is 3.76. The smallest absolute Gasteiger partial charge is 0.349 e. The van der Waals surface area contributed by atoms with Gasteiger partial charge in [-0.1, -0.05) is 41.5 Å². The van der Waals surface area contributed by atoms with Crippen LogP contribution in [-0.4, -0.2) is 54.6 Å². The maximum atomic E-state index is 12.0. The van der Waals surface area contributed by atoms with Gasteiger partial charge in [-0.3, -0.25) is 8.98 Å². The van der Waals surface area contributed by atoms with Crippen LogP contribution in [0.5, 0.6) is 0 Å². The zero-order valence-electron chi connectivity index (χ0n) is 18.0. The van der Waals surface area contributed by atoms with E-state index >= 15 is 0 Å². The molecular weight excluding hydrogens is 388 g/mol. The van der Waals surface area contributed by atoms with Gasteiger partial charge >= 0.3 is 14.5 Å². The average Bonchev–Trinajstić information content (AvgIpc) is 2.43. The molecule has 7 nitrogen and oxygen atoms in total. The summed E-state index contributed by atoms with van der Waals surface area (Å²) in [5, 5.41) is -0.483. The molecule has 0 N–H and O–H groups in total. The SMILES string of the molecule is CCOC(=O)C[C@H]1C[C@@H](CCOS(C)(=O)=O)O[Si](C(C)(C)C)(C(C)(C)C)O1. The Hall–Kier alpha value is -0.483. The number of ether oxygens (including phenoxy) is 1. The lowest BCUT2D eigenvalue weighted by atomic mass is 10.1. The molecule has 0 radical (unpaired) electrons. The number of rotatable bonds is 7. The molecular formula is C18H36O7SSi. The molecule has 0 aromatic carbocycles. The summed E-state index contributed by atoms with van der Waals surface area (Å²) < 4.78 is 45.7. The van der Waals surface area contributed by atoms with Crippen LogP contribution in [0, 0.1) is 0 Å². The van der Waals surface area contributed by atoms with Crippen LogP contribution in [0.4, 0.5) is 0 Å². The summed E-state index contributed by atoms with van der Waals surface area (Å²) in [5.41, 5.74) is 0. The van der Waals surface area contributed by atoms with E-state index in [0.717, 1.165) is 6.26 Å². The van der Waals surface area contributed by atoms with Gasteiger partial charge in [-0.05, 0) is 19.8 Å². The van der Waals surface area contributed by atoms with Crippen molar-refractivity contribution in [1.82, 2.24) is 0 Å². The first-order chi connectivity index (χ1) is 12.1. The summed E-state index contributed by atoms with van der Waals surface area (Å²) in [6, 6.07) is 0. The lowest BCUT2D eigenvalue weighted by molar-refractivity contribution is -0.147. The molecule has 27 heavy (non-hydrogen) atoms. The van der Waals surface area contributed by atoms with Crippen LogP contribution in [-0.2, 0) is 32.7 Å². The predicted octanol–water partition coefficient (Wildman–Crippen LogP) is 3.52. The molecule has 160 valence electrons. The van der Waals surface area contributed by atoms with E-state index in [9.17, 15) is 13.2 Å². The van der Waals surface area contributed by atoms with E-state index in [-0.39, 0.29) is 41.3 Å². The monoisotopic (exact) mass is 424 g/mol. The zero-order chi connectivity index (χ0) is 21.1. The third-order valence-corrected chi connectivity index (χ3v) is 10.5. The molecule has 0 spiro atoms. The number of esters is 1. The van der Waals surface area contributed by atoms with Crippen molar-refractivity contribution in [2.45, 2.75) is 90.0 Å². The maximum absolute atomic E-state index is 12.0. The Morgan fingerprint density at radius 2 is 1.59 bits per heavy atom. The molecule has 0 unspecified atom stereocenters. The van der Waals surface area contributed by atoms with E-state index in [0.29, 0.717) is 19.4 Å². The summed E-state index contributed by atoms with van der Waals surface area (Å²) in [5.74, 6) is -0.291. The van der Waals surface area contributed by atoms with Crippen LogP contribution in [0.15, 0.2) is 0 Å². The Labute approximate surface area is 165 Å². The molecule has 0 aromatic heterocycles. The Morgan fingerprint density at radius 3 is 2.04 bits per heavy atom. The van der Waals surface area contributed by atoms with E-state index in [1.807, 2.05) is 0 Å². The normalized spacial score (nSPS) is 23.9. The predicted molar refractivity (Wildman–Crippen MR) is 106 cm³/mol. The molecule has 1 aliphatic heterocycles. The largest absolute Gasteiger partial charge is 0.466 e. The molecule has 0 saturated carbocycles. The van der Waals surface area contributed by atoms with E-state index in [1.54, 1.807) is 6.92 Å². The first kappa shape index (κ1) is 24.6. The van der Waals surface area contributed by atoms with Crippen molar-refractivity contribution < 1.29 is 31.0 Å². The lowest BCUT2D eigenvalue weighted by Gasteiger charge is -2.55. The van der Waals surface area contributed by atoms with E-state index < -0.39 is 18.7 Å². The van der Waals surface area contributed by atoms with Gasteiger partial charge in [-0.25, -0.2) is 0 Å². The molecule has 1 rings (SSSR count). The third kappa shape index (κ3) is 6.81. The van der Waals surface area contributed by atoms with Crippen LogP contribution in [0.25, 0.3) is 0 Å². The topological polar surface area (TPSA) is 88.1 Å². The van der Waals surface area contributed by atoms with Gasteiger partial charge in [-0.15, -0.1) is 0 Å².